The minimum Gasteiger partial charge on any atom is -0.366 e. The number of hydrogen-bond acceptors (Lipinski definition) is 1. The number of nitrogens with two attached hydrogens (primary N) is 1. The van der Waals surface area contributed by atoms with E-state index in [0.29, 0.717) is 11.5 Å². The van der Waals surface area contributed by atoms with Crippen LogP contribution in [0.3, 0.4) is 0 Å². The number of halogens is 1. The maximum atomic E-state index is 10.9. The van der Waals surface area contributed by atoms with E-state index in [1.165, 1.54) is 5.56 Å². The van der Waals surface area contributed by atoms with Crippen molar-refractivity contribution in [3.63, 3.8) is 0 Å². The lowest BCUT2D eigenvalue weighted by Gasteiger charge is -2.07. The Balaban J connectivity index is 3.13. The summed E-state index contributed by atoms with van der Waals surface area (Å²) in [5.41, 5.74) is 7.03. The zero-order valence-electron chi connectivity index (χ0n) is 7.67. The summed E-state index contributed by atoms with van der Waals surface area (Å²) in [6.07, 6.45) is 0. The molecule has 0 unspecified atom stereocenters. The van der Waals surface area contributed by atoms with E-state index < -0.39 is 0 Å². The Labute approximate surface area is 91.7 Å². The molecule has 1 aromatic rings. The van der Waals surface area contributed by atoms with E-state index in [1.807, 2.05) is 12.1 Å². The zero-order valence-corrected chi connectivity index (χ0v) is 9.83. The van der Waals surface area contributed by atoms with Crippen LogP contribution in [0.15, 0.2) is 18.2 Å². The summed E-state index contributed by atoms with van der Waals surface area (Å²) in [6, 6.07) is 5.75. The predicted molar refractivity (Wildman–Crippen MR) is 61.8 cm³/mol. The Kier molecular flexibility index (Phi) is 3.30. The van der Waals surface area contributed by atoms with Crippen LogP contribution >= 0.6 is 22.6 Å². The van der Waals surface area contributed by atoms with Crippen molar-refractivity contribution in [2.75, 3.05) is 0 Å². The monoisotopic (exact) mass is 289 g/mol. The molecule has 2 N–H and O–H groups in total. The van der Waals surface area contributed by atoms with Crippen LogP contribution in [0.5, 0.6) is 0 Å². The fourth-order valence-electron chi connectivity index (χ4n) is 1.09. The minimum atomic E-state index is -0.361. The van der Waals surface area contributed by atoms with Gasteiger partial charge in [-0.2, -0.15) is 0 Å². The number of carbonyl (C=O) groups is 1. The molecule has 0 radical (unpaired) electrons. The Morgan fingerprint density at radius 1 is 1.46 bits per heavy atom. The number of hydrogen-bond donors (Lipinski definition) is 1. The van der Waals surface area contributed by atoms with E-state index in [2.05, 4.69) is 36.4 Å². The van der Waals surface area contributed by atoms with Crippen molar-refractivity contribution in [3.05, 3.63) is 32.9 Å². The van der Waals surface area contributed by atoms with Gasteiger partial charge in [-0.25, -0.2) is 0 Å². The molecule has 0 bridgehead atoms. The molecule has 0 saturated carbocycles. The minimum absolute atomic E-state index is 0.361. The van der Waals surface area contributed by atoms with Crippen molar-refractivity contribution < 1.29 is 4.79 Å². The van der Waals surface area contributed by atoms with E-state index in [1.54, 1.807) is 6.07 Å². The van der Waals surface area contributed by atoms with Crippen LogP contribution in [0.1, 0.15) is 35.7 Å². The highest BCUT2D eigenvalue weighted by molar-refractivity contribution is 14.1. The molecule has 0 heterocycles. The Morgan fingerprint density at radius 2 is 2.08 bits per heavy atom. The molecule has 70 valence electrons. The maximum Gasteiger partial charge on any atom is 0.249 e. The third-order valence-corrected chi connectivity index (χ3v) is 2.82. The van der Waals surface area contributed by atoms with E-state index in [0.717, 1.165) is 3.57 Å². The van der Waals surface area contributed by atoms with Crippen molar-refractivity contribution in [1.29, 1.82) is 0 Å². The van der Waals surface area contributed by atoms with Crippen molar-refractivity contribution in [2.24, 2.45) is 5.73 Å². The van der Waals surface area contributed by atoms with Crippen LogP contribution in [0.4, 0.5) is 0 Å². The highest BCUT2D eigenvalue weighted by atomic mass is 127. The summed E-state index contributed by atoms with van der Waals surface area (Å²) in [6.45, 7) is 4.24. The average molecular weight is 289 g/mol. The van der Waals surface area contributed by atoms with Gasteiger partial charge in [0, 0.05) is 3.57 Å². The lowest BCUT2D eigenvalue weighted by Crippen LogP contribution is -2.12. The third-order valence-electron chi connectivity index (χ3n) is 1.93. The summed E-state index contributed by atoms with van der Waals surface area (Å²) >= 11 is 2.13. The molecule has 0 atom stereocenters. The lowest BCUT2D eigenvalue weighted by atomic mass is 10.0. The molecule has 0 aliphatic rings. The molecule has 0 saturated heterocycles. The van der Waals surface area contributed by atoms with Gasteiger partial charge in [-0.3, -0.25) is 4.79 Å². The second kappa shape index (κ2) is 4.09. The standard InChI is InChI=1S/C10H12INO/c1-6(2)7-3-4-8(10(12)13)9(11)5-7/h3-6H,1-2H3,(H2,12,13). The first-order chi connectivity index (χ1) is 6.02. The molecule has 0 aromatic heterocycles. The molecule has 0 aliphatic carbocycles. The summed E-state index contributed by atoms with van der Waals surface area (Å²) < 4.78 is 0.927. The molecule has 0 spiro atoms. The molecular formula is C10H12INO. The fraction of sp³-hybridized carbons (Fsp3) is 0.300. The number of benzene rings is 1. The second-order valence-corrected chi connectivity index (χ2v) is 4.42. The Hall–Kier alpha value is -0.580. The molecule has 0 fully saturated rings. The highest BCUT2D eigenvalue weighted by Crippen LogP contribution is 2.19. The van der Waals surface area contributed by atoms with Crippen molar-refractivity contribution in [2.45, 2.75) is 19.8 Å². The van der Waals surface area contributed by atoms with Gasteiger partial charge in [0.05, 0.1) is 5.56 Å². The smallest absolute Gasteiger partial charge is 0.249 e. The van der Waals surface area contributed by atoms with Gasteiger partial charge in [-0.05, 0) is 46.2 Å². The number of carbonyl (C=O) groups excluding carboxylic acids is 1. The molecule has 3 heteroatoms. The number of rotatable bonds is 2. The van der Waals surface area contributed by atoms with Crippen LogP contribution in [0, 0.1) is 3.57 Å². The van der Waals surface area contributed by atoms with Gasteiger partial charge < -0.3 is 5.73 Å². The van der Waals surface area contributed by atoms with Crippen LogP contribution in [0.2, 0.25) is 0 Å². The molecule has 1 aromatic carbocycles. The van der Waals surface area contributed by atoms with Crippen molar-refractivity contribution in [1.82, 2.24) is 0 Å². The topological polar surface area (TPSA) is 43.1 Å². The molecule has 13 heavy (non-hydrogen) atoms. The zero-order chi connectivity index (χ0) is 10.0. The summed E-state index contributed by atoms with van der Waals surface area (Å²) in [5.74, 6) is 0.121. The molecule has 0 aliphatic heterocycles. The predicted octanol–water partition coefficient (Wildman–Crippen LogP) is 2.51. The normalized spacial score (nSPS) is 10.5. The average Bonchev–Trinajstić information content (AvgIpc) is 2.03. The van der Waals surface area contributed by atoms with Gasteiger partial charge in [0.25, 0.3) is 0 Å². The SMILES string of the molecule is CC(C)c1ccc(C(N)=O)c(I)c1. The summed E-state index contributed by atoms with van der Waals surface area (Å²) in [4.78, 5) is 10.9. The van der Waals surface area contributed by atoms with E-state index in [4.69, 9.17) is 5.73 Å². The first-order valence-corrected chi connectivity index (χ1v) is 5.19. The van der Waals surface area contributed by atoms with Crippen molar-refractivity contribution in [3.8, 4) is 0 Å². The van der Waals surface area contributed by atoms with Gasteiger partial charge in [-0.15, -0.1) is 0 Å². The van der Waals surface area contributed by atoms with Crippen LogP contribution in [-0.2, 0) is 0 Å². The largest absolute Gasteiger partial charge is 0.366 e. The summed E-state index contributed by atoms with van der Waals surface area (Å²) in [5, 5.41) is 0. The van der Waals surface area contributed by atoms with E-state index in [9.17, 15) is 4.79 Å². The van der Waals surface area contributed by atoms with Crippen LogP contribution < -0.4 is 5.73 Å². The van der Waals surface area contributed by atoms with Gasteiger partial charge in [-0.1, -0.05) is 19.9 Å². The first-order valence-electron chi connectivity index (χ1n) is 4.11. The number of amides is 1. The highest BCUT2D eigenvalue weighted by Gasteiger charge is 2.07. The summed E-state index contributed by atoms with van der Waals surface area (Å²) in [7, 11) is 0. The Morgan fingerprint density at radius 3 is 2.46 bits per heavy atom. The molecular weight excluding hydrogens is 277 g/mol. The lowest BCUT2D eigenvalue weighted by molar-refractivity contribution is 0.0999. The first kappa shape index (κ1) is 10.5. The quantitative estimate of drug-likeness (QED) is 0.835. The van der Waals surface area contributed by atoms with Gasteiger partial charge in [0.15, 0.2) is 0 Å². The molecule has 1 rings (SSSR count). The second-order valence-electron chi connectivity index (χ2n) is 3.26. The van der Waals surface area contributed by atoms with Gasteiger partial charge in [0.1, 0.15) is 0 Å². The van der Waals surface area contributed by atoms with Crippen LogP contribution in [-0.4, -0.2) is 5.91 Å². The number of primary amides is 1. The van der Waals surface area contributed by atoms with Crippen LogP contribution in [0.25, 0.3) is 0 Å². The maximum absolute atomic E-state index is 10.9. The van der Waals surface area contributed by atoms with E-state index in [-0.39, 0.29) is 5.91 Å². The van der Waals surface area contributed by atoms with Gasteiger partial charge in [0.2, 0.25) is 5.91 Å². The molecule has 1 amide bonds. The van der Waals surface area contributed by atoms with E-state index >= 15 is 0 Å². The fourth-order valence-corrected chi connectivity index (χ4v) is 1.90. The Bertz CT molecular complexity index is 334. The van der Waals surface area contributed by atoms with Gasteiger partial charge >= 0.3 is 0 Å². The molecule has 2 nitrogen and oxygen atoms in total. The van der Waals surface area contributed by atoms with Crippen molar-refractivity contribution >= 4 is 28.5 Å². The third kappa shape index (κ3) is 2.43.